The molecule has 0 saturated carbocycles. The first-order valence-electron chi connectivity index (χ1n) is 7.62. The molecule has 0 aliphatic rings. The minimum Gasteiger partial charge on any atom is -0.326 e. The second-order valence-electron chi connectivity index (χ2n) is 5.71. The predicted molar refractivity (Wildman–Crippen MR) is 91.2 cm³/mol. The van der Waals surface area contributed by atoms with Crippen molar-refractivity contribution >= 4 is 23.1 Å². The Kier molecular flexibility index (Phi) is 5.59. The van der Waals surface area contributed by atoms with Gasteiger partial charge in [0.05, 0.1) is 4.92 Å². The Bertz CT molecular complexity index is 849. The van der Waals surface area contributed by atoms with Crippen molar-refractivity contribution in [1.29, 1.82) is 0 Å². The van der Waals surface area contributed by atoms with E-state index in [-0.39, 0.29) is 24.3 Å². The molecule has 0 spiro atoms. The molecule has 0 aliphatic carbocycles. The number of carbonyl (C=O) groups excluding carboxylic acids is 2. The van der Waals surface area contributed by atoms with Crippen LogP contribution in [-0.4, -0.2) is 16.6 Å². The highest BCUT2D eigenvalue weighted by atomic mass is 19.1. The molecule has 6 nitrogen and oxygen atoms in total. The van der Waals surface area contributed by atoms with Crippen LogP contribution in [-0.2, 0) is 4.79 Å². The van der Waals surface area contributed by atoms with E-state index in [1.165, 1.54) is 6.07 Å². The number of Topliss-reactive ketones (excluding diaryl/α,β-unsaturated/α-hetero) is 1. The molecule has 25 heavy (non-hydrogen) atoms. The van der Waals surface area contributed by atoms with Crippen molar-refractivity contribution in [2.75, 3.05) is 5.32 Å². The van der Waals surface area contributed by atoms with Gasteiger partial charge < -0.3 is 5.32 Å². The number of benzene rings is 2. The van der Waals surface area contributed by atoms with E-state index < -0.39 is 22.3 Å². The van der Waals surface area contributed by atoms with E-state index in [9.17, 15) is 24.1 Å². The molecule has 2 aromatic rings. The van der Waals surface area contributed by atoms with Crippen molar-refractivity contribution in [3.8, 4) is 0 Å². The molecule has 0 radical (unpaired) electrons. The van der Waals surface area contributed by atoms with Crippen LogP contribution in [0.3, 0.4) is 0 Å². The summed E-state index contributed by atoms with van der Waals surface area (Å²) in [5.74, 6) is -1.60. The van der Waals surface area contributed by atoms with Gasteiger partial charge in [-0.05, 0) is 37.6 Å². The van der Waals surface area contributed by atoms with Crippen LogP contribution < -0.4 is 5.32 Å². The summed E-state index contributed by atoms with van der Waals surface area (Å²) in [6.45, 7) is 3.70. The molecule has 0 aromatic heterocycles. The smallest absolute Gasteiger partial charge is 0.306 e. The monoisotopic (exact) mass is 344 g/mol. The van der Waals surface area contributed by atoms with Gasteiger partial charge in [-0.3, -0.25) is 19.7 Å². The zero-order valence-electron chi connectivity index (χ0n) is 13.8. The largest absolute Gasteiger partial charge is 0.326 e. The molecular formula is C18H17FN2O4. The number of halogens is 1. The van der Waals surface area contributed by atoms with Gasteiger partial charge in [-0.2, -0.15) is 4.39 Å². The van der Waals surface area contributed by atoms with Crippen LogP contribution in [0.1, 0.15) is 34.3 Å². The summed E-state index contributed by atoms with van der Waals surface area (Å²) in [5.41, 5.74) is 1.76. The van der Waals surface area contributed by atoms with Crippen LogP contribution in [0.2, 0.25) is 0 Å². The van der Waals surface area contributed by atoms with E-state index in [0.29, 0.717) is 5.56 Å². The molecule has 130 valence electrons. The molecule has 1 amide bonds. The van der Waals surface area contributed by atoms with Crippen molar-refractivity contribution in [3.05, 3.63) is 69.0 Å². The molecule has 0 saturated heterocycles. The Morgan fingerprint density at radius 3 is 2.52 bits per heavy atom. The van der Waals surface area contributed by atoms with Gasteiger partial charge >= 0.3 is 5.69 Å². The Labute approximate surface area is 143 Å². The molecule has 0 atom stereocenters. The lowest BCUT2D eigenvalue weighted by molar-refractivity contribution is -0.387. The number of ketones is 1. The van der Waals surface area contributed by atoms with E-state index in [1.54, 1.807) is 6.07 Å². The lowest BCUT2D eigenvalue weighted by atomic mass is 9.99. The van der Waals surface area contributed by atoms with Crippen LogP contribution in [0.15, 0.2) is 36.4 Å². The average molecular weight is 344 g/mol. The maximum Gasteiger partial charge on any atom is 0.306 e. The summed E-state index contributed by atoms with van der Waals surface area (Å²) >= 11 is 0. The zero-order valence-corrected chi connectivity index (χ0v) is 13.8. The second kappa shape index (κ2) is 7.65. The standard InChI is InChI=1S/C18H17FN2O4/c1-11-3-4-12(2)14(9-11)17(22)7-8-18(23)20-13-5-6-15(19)16(10-13)21(24)25/h3-6,9-10H,7-8H2,1-2H3,(H,20,23). The fourth-order valence-corrected chi connectivity index (χ4v) is 2.35. The Balaban J connectivity index is 1.99. The number of hydrogen-bond donors (Lipinski definition) is 1. The summed E-state index contributed by atoms with van der Waals surface area (Å²) in [4.78, 5) is 34.0. The molecule has 2 rings (SSSR count). The molecule has 0 aliphatic heterocycles. The SMILES string of the molecule is Cc1ccc(C)c(C(=O)CCC(=O)Nc2ccc(F)c([N+](=O)[O-])c2)c1. The van der Waals surface area contributed by atoms with Gasteiger partial charge in [-0.15, -0.1) is 0 Å². The third-order valence-electron chi connectivity index (χ3n) is 3.70. The number of nitro benzene ring substituents is 1. The number of hydrogen-bond acceptors (Lipinski definition) is 4. The lowest BCUT2D eigenvalue weighted by Crippen LogP contribution is -2.14. The molecule has 0 fully saturated rings. The number of nitrogens with zero attached hydrogens (tertiary/aromatic N) is 1. The van der Waals surface area contributed by atoms with E-state index in [4.69, 9.17) is 0 Å². The van der Waals surface area contributed by atoms with E-state index >= 15 is 0 Å². The molecular weight excluding hydrogens is 327 g/mol. The average Bonchev–Trinajstić information content (AvgIpc) is 2.56. The van der Waals surface area contributed by atoms with Crippen LogP contribution in [0.5, 0.6) is 0 Å². The third-order valence-corrected chi connectivity index (χ3v) is 3.70. The van der Waals surface area contributed by atoms with Crippen LogP contribution >= 0.6 is 0 Å². The van der Waals surface area contributed by atoms with Gasteiger partial charge in [0.1, 0.15) is 0 Å². The second-order valence-corrected chi connectivity index (χ2v) is 5.71. The number of rotatable bonds is 6. The summed E-state index contributed by atoms with van der Waals surface area (Å²) in [5, 5.41) is 13.1. The van der Waals surface area contributed by atoms with Crippen molar-refractivity contribution in [2.24, 2.45) is 0 Å². The highest BCUT2D eigenvalue weighted by Gasteiger charge is 2.16. The number of amides is 1. The van der Waals surface area contributed by atoms with Crippen LogP contribution in [0.4, 0.5) is 15.8 Å². The predicted octanol–water partition coefficient (Wildman–Crippen LogP) is 3.95. The third kappa shape index (κ3) is 4.69. The first kappa shape index (κ1) is 18.3. The van der Waals surface area contributed by atoms with Crippen molar-refractivity contribution < 1.29 is 18.9 Å². The van der Waals surface area contributed by atoms with E-state index in [2.05, 4.69) is 5.32 Å². The van der Waals surface area contributed by atoms with Gasteiger partial charge in [-0.1, -0.05) is 17.7 Å². The topological polar surface area (TPSA) is 89.3 Å². The highest BCUT2D eigenvalue weighted by Crippen LogP contribution is 2.22. The first-order valence-corrected chi connectivity index (χ1v) is 7.62. The van der Waals surface area contributed by atoms with Crippen molar-refractivity contribution in [1.82, 2.24) is 0 Å². The molecule has 0 heterocycles. The maximum atomic E-state index is 13.3. The van der Waals surface area contributed by atoms with Gasteiger partial charge in [0, 0.05) is 30.2 Å². The van der Waals surface area contributed by atoms with Gasteiger partial charge in [-0.25, -0.2) is 0 Å². The molecule has 0 bridgehead atoms. The summed E-state index contributed by atoms with van der Waals surface area (Å²) in [7, 11) is 0. The van der Waals surface area contributed by atoms with Gasteiger partial charge in [0.15, 0.2) is 5.78 Å². The quantitative estimate of drug-likeness (QED) is 0.488. The Hall–Kier alpha value is -3.09. The molecule has 0 unspecified atom stereocenters. The van der Waals surface area contributed by atoms with E-state index in [1.807, 2.05) is 26.0 Å². The van der Waals surface area contributed by atoms with Crippen LogP contribution in [0, 0.1) is 29.8 Å². The number of aryl methyl sites for hydroxylation is 2. The fraction of sp³-hybridized carbons (Fsp3) is 0.222. The normalized spacial score (nSPS) is 10.4. The first-order chi connectivity index (χ1) is 11.8. The number of nitro groups is 1. The summed E-state index contributed by atoms with van der Waals surface area (Å²) < 4.78 is 13.3. The fourth-order valence-electron chi connectivity index (χ4n) is 2.35. The Morgan fingerprint density at radius 1 is 1.12 bits per heavy atom. The maximum absolute atomic E-state index is 13.3. The van der Waals surface area contributed by atoms with Crippen molar-refractivity contribution in [3.63, 3.8) is 0 Å². The number of anilines is 1. The molecule has 2 aromatic carbocycles. The van der Waals surface area contributed by atoms with E-state index in [0.717, 1.165) is 23.3 Å². The van der Waals surface area contributed by atoms with Gasteiger partial charge in [0.2, 0.25) is 11.7 Å². The summed E-state index contributed by atoms with van der Waals surface area (Å²) in [6, 6.07) is 8.61. The minimum atomic E-state index is -0.979. The minimum absolute atomic E-state index is 0.0133. The van der Waals surface area contributed by atoms with Gasteiger partial charge in [0.25, 0.3) is 0 Å². The van der Waals surface area contributed by atoms with Crippen molar-refractivity contribution in [2.45, 2.75) is 26.7 Å². The van der Waals surface area contributed by atoms with Crippen LogP contribution in [0.25, 0.3) is 0 Å². The summed E-state index contributed by atoms with van der Waals surface area (Å²) in [6.07, 6.45) is -0.0587. The zero-order chi connectivity index (χ0) is 18.6. The highest BCUT2D eigenvalue weighted by molar-refractivity contribution is 6.01. The lowest BCUT2D eigenvalue weighted by Gasteiger charge is -2.07. The molecule has 1 N–H and O–H groups in total. The Morgan fingerprint density at radius 2 is 1.84 bits per heavy atom. The molecule has 7 heteroatoms. The number of nitrogens with one attached hydrogen (secondary N) is 1. The number of carbonyl (C=O) groups is 2.